The second-order valence-corrected chi connectivity index (χ2v) is 8.10. The van der Waals surface area contributed by atoms with Gasteiger partial charge in [-0.3, -0.25) is 19.4 Å². The summed E-state index contributed by atoms with van der Waals surface area (Å²) in [5.41, 5.74) is 0.937. The third-order valence-electron chi connectivity index (χ3n) is 4.51. The Morgan fingerprint density at radius 3 is 2.36 bits per heavy atom. The number of benzene rings is 2. The van der Waals surface area contributed by atoms with Crippen LogP contribution in [0.15, 0.2) is 70.8 Å². The van der Waals surface area contributed by atoms with Crippen LogP contribution in [-0.2, 0) is 4.79 Å². The van der Waals surface area contributed by atoms with Crippen LogP contribution in [0, 0.1) is 11.3 Å². The van der Waals surface area contributed by atoms with Crippen molar-refractivity contribution in [1.82, 2.24) is 9.97 Å². The number of rotatable bonds is 6. The molecule has 2 aromatic carbocycles. The Bertz CT molecular complexity index is 1420. The van der Waals surface area contributed by atoms with Gasteiger partial charge in [0.25, 0.3) is 17.2 Å². The number of anilines is 3. The third-order valence-corrected chi connectivity index (χ3v) is 5.63. The number of hydrogen-bond acceptors (Lipinski definition) is 7. The Hall–Kier alpha value is -4.26. The molecular weight excluding hydrogens is 462 g/mol. The predicted molar refractivity (Wildman–Crippen MR) is 127 cm³/mol. The van der Waals surface area contributed by atoms with Crippen molar-refractivity contribution in [2.45, 2.75) is 0 Å². The van der Waals surface area contributed by atoms with Gasteiger partial charge in [-0.15, -0.1) is 11.3 Å². The molecule has 8 nitrogen and oxygen atoms in total. The minimum absolute atomic E-state index is 0.148. The molecule has 0 aliphatic rings. The Morgan fingerprint density at radius 1 is 1.03 bits per heavy atom. The Kier molecular flexibility index (Phi) is 6.31. The van der Waals surface area contributed by atoms with Crippen LogP contribution in [0.2, 0.25) is 5.02 Å². The first-order chi connectivity index (χ1) is 15.9. The number of ketones is 1. The van der Waals surface area contributed by atoms with E-state index in [2.05, 4.69) is 20.6 Å². The number of halogens is 1. The molecule has 4 rings (SSSR count). The van der Waals surface area contributed by atoms with Gasteiger partial charge in [-0.25, -0.2) is 4.98 Å². The summed E-state index contributed by atoms with van der Waals surface area (Å²) < 4.78 is 0. The molecule has 0 aliphatic heterocycles. The number of carbonyl (C=O) groups is 2. The summed E-state index contributed by atoms with van der Waals surface area (Å²) in [7, 11) is 0. The SMILES string of the molecule is N#Cc1c(-c2ccc(NC(=O)C(=O)c3cccs3)cc2)nc(Nc2ccc(Cl)cc2)[nH]c1=O. The maximum atomic E-state index is 12.4. The number of aromatic nitrogens is 2. The average Bonchev–Trinajstić information content (AvgIpc) is 3.35. The van der Waals surface area contributed by atoms with E-state index in [-0.39, 0.29) is 17.2 Å². The lowest BCUT2D eigenvalue weighted by molar-refractivity contribution is -0.112. The highest BCUT2D eigenvalue weighted by molar-refractivity contribution is 7.13. The molecule has 0 radical (unpaired) electrons. The Morgan fingerprint density at radius 2 is 1.73 bits per heavy atom. The van der Waals surface area contributed by atoms with Crippen molar-refractivity contribution in [3.8, 4) is 17.3 Å². The van der Waals surface area contributed by atoms with Gasteiger partial charge in [-0.05, 0) is 47.8 Å². The van der Waals surface area contributed by atoms with Crippen molar-refractivity contribution in [1.29, 1.82) is 5.26 Å². The lowest BCUT2D eigenvalue weighted by Crippen LogP contribution is -2.21. The smallest absolute Gasteiger partial charge is 0.297 e. The van der Waals surface area contributed by atoms with Crippen molar-refractivity contribution in [3.05, 3.63) is 91.9 Å². The number of thiophene rings is 1. The van der Waals surface area contributed by atoms with Gasteiger partial charge in [0.05, 0.1) is 10.6 Å². The molecule has 4 aromatic rings. The number of amides is 1. The lowest BCUT2D eigenvalue weighted by Gasteiger charge is -2.10. The fourth-order valence-corrected chi connectivity index (χ4v) is 3.72. The van der Waals surface area contributed by atoms with Gasteiger partial charge in [0.15, 0.2) is 0 Å². The van der Waals surface area contributed by atoms with Crippen LogP contribution in [0.5, 0.6) is 0 Å². The van der Waals surface area contributed by atoms with E-state index in [1.807, 2.05) is 6.07 Å². The van der Waals surface area contributed by atoms with Gasteiger partial charge in [0.2, 0.25) is 5.95 Å². The van der Waals surface area contributed by atoms with Crippen molar-refractivity contribution < 1.29 is 9.59 Å². The van der Waals surface area contributed by atoms with Crippen molar-refractivity contribution in [2.24, 2.45) is 0 Å². The number of H-pyrrole nitrogens is 1. The van der Waals surface area contributed by atoms with Crippen LogP contribution in [0.1, 0.15) is 15.2 Å². The molecule has 162 valence electrons. The van der Waals surface area contributed by atoms with E-state index in [1.54, 1.807) is 66.0 Å². The molecule has 0 fully saturated rings. The number of nitriles is 1. The molecule has 0 aliphatic carbocycles. The van der Waals surface area contributed by atoms with E-state index in [0.717, 1.165) is 0 Å². The number of hydrogen-bond donors (Lipinski definition) is 3. The van der Waals surface area contributed by atoms with Crippen LogP contribution in [-0.4, -0.2) is 21.7 Å². The normalized spacial score (nSPS) is 10.3. The average molecular weight is 476 g/mol. The maximum absolute atomic E-state index is 12.4. The summed E-state index contributed by atoms with van der Waals surface area (Å²) in [4.78, 5) is 44.0. The molecular formula is C23H14ClN5O3S. The van der Waals surface area contributed by atoms with E-state index in [9.17, 15) is 19.6 Å². The molecule has 10 heteroatoms. The summed E-state index contributed by atoms with van der Waals surface area (Å²) in [6.45, 7) is 0. The fraction of sp³-hybridized carbons (Fsp3) is 0. The van der Waals surface area contributed by atoms with E-state index in [4.69, 9.17) is 11.6 Å². The van der Waals surface area contributed by atoms with Gasteiger partial charge < -0.3 is 10.6 Å². The second kappa shape index (κ2) is 9.48. The summed E-state index contributed by atoms with van der Waals surface area (Å²) in [5, 5.41) is 17.2. The topological polar surface area (TPSA) is 128 Å². The summed E-state index contributed by atoms with van der Waals surface area (Å²) in [6, 6.07) is 18.3. The molecule has 0 atom stereocenters. The highest BCUT2D eigenvalue weighted by Crippen LogP contribution is 2.24. The van der Waals surface area contributed by atoms with E-state index >= 15 is 0 Å². The van der Waals surface area contributed by atoms with Crippen LogP contribution >= 0.6 is 22.9 Å². The Balaban J connectivity index is 1.58. The van der Waals surface area contributed by atoms with Crippen LogP contribution in [0.4, 0.5) is 17.3 Å². The van der Waals surface area contributed by atoms with Gasteiger partial charge in [-0.2, -0.15) is 5.26 Å². The lowest BCUT2D eigenvalue weighted by atomic mass is 10.1. The van der Waals surface area contributed by atoms with Crippen LogP contribution in [0.25, 0.3) is 11.3 Å². The molecule has 2 heterocycles. The molecule has 1 amide bonds. The largest absolute Gasteiger partial charge is 0.326 e. The van der Waals surface area contributed by atoms with Crippen LogP contribution < -0.4 is 16.2 Å². The van der Waals surface area contributed by atoms with Gasteiger partial charge in [-0.1, -0.05) is 29.8 Å². The van der Waals surface area contributed by atoms with Gasteiger partial charge in [0.1, 0.15) is 11.6 Å². The first kappa shape index (κ1) is 22.0. The Labute approximate surface area is 196 Å². The molecule has 0 saturated heterocycles. The minimum Gasteiger partial charge on any atom is -0.326 e. The summed E-state index contributed by atoms with van der Waals surface area (Å²) in [5.74, 6) is -1.24. The van der Waals surface area contributed by atoms with E-state index in [0.29, 0.717) is 26.8 Å². The highest BCUT2D eigenvalue weighted by Gasteiger charge is 2.18. The second-order valence-electron chi connectivity index (χ2n) is 6.72. The molecule has 0 unspecified atom stereocenters. The number of nitrogens with zero attached hydrogens (tertiary/aromatic N) is 2. The highest BCUT2D eigenvalue weighted by atomic mass is 35.5. The summed E-state index contributed by atoms with van der Waals surface area (Å²) in [6.07, 6.45) is 0. The number of carbonyl (C=O) groups excluding carboxylic acids is 2. The number of Topliss-reactive ketones (excluding diaryl/α,β-unsaturated/α-hetero) is 1. The first-order valence-electron chi connectivity index (χ1n) is 9.51. The molecule has 2 aromatic heterocycles. The van der Waals surface area contributed by atoms with Crippen molar-refractivity contribution in [2.75, 3.05) is 10.6 Å². The van der Waals surface area contributed by atoms with Gasteiger partial charge in [0, 0.05) is 22.0 Å². The monoisotopic (exact) mass is 475 g/mol. The van der Waals surface area contributed by atoms with E-state index < -0.39 is 17.2 Å². The minimum atomic E-state index is -0.758. The van der Waals surface area contributed by atoms with E-state index in [1.165, 1.54) is 11.3 Å². The quantitative estimate of drug-likeness (QED) is 0.276. The zero-order chi connectivity index (χ0) is 23.4. The zero-order valence-electron chi connectivity index (χ0n) is 16.8. The molecule has 3 N–H and O–H groups in total. The zero-order valence-corrected chi connectivity index (χ0v) is 18.3. The molecule has 0 saturated carbocycles. The number of aromatic amines is 1. The van der Waals surface area contributed by atoms with Gasteiger partial charge >= 0.3 is 0 Å². The fourth-order valence-electron chi connectivity index (χ4n) is 2.93. The maximum Gasteiger partial charge on any atom is 0.297 e. The molecule has 0 bridgehead atoms. The molecule has 33 heavy (non-hydrogen) atoms. The van der Waals surface area contributed by atoms with Crippen molar-refractivity contribution >= 4 is 52.0 Å². The third kappa shape index (κ3) is 4.98. The van der Waals surface area contributed by atoms with Crippen LogP contribution in [0.3, 0.4) is 0 Å². The number of nitrogens with one attached hydrogen (secondary N) is 3. The first-order valence-corrected chi connectivity index (χ1v) is 10.8. The molecule has 0 spiro atoms. The van der Waals surface area contributed by atoms with Crippen molar-refractivity contribution in [3.63, 3.8) is 0 Å². The standard InChI is InChI=1S/C23H14ClN5O3S/c24-14-5-9-16(10-6-14)27-23-28-19(17(12-25)21(31)29-23)13-3-7-15(8-4-13)26-22(32)20(30)18-2-1-11-33-18/h1-11H,(H,26,32)(H2,27,28,29,31). The summed E-state index contributed by atoms with van der Waals surface area (Å²) >= 11 is 7.07. The predicted octanol–water partition coefficient (Wildman–Crippen LogP) is 4.59.